The molecule has 0 aromatic rings. The second-order valence-corrected chi connectivity index (χ2v) is 0. The maximum atomic E-state index is 6.92. The number of hydrogen-bond acceptors (Lipinski definition) is 3. The summed E-state index contributed by atoms with van der Waals surface area (Å²) in [7, 11) is 4.25. The Labute approximate surface area is 197 Å². The molecule has 0 unspecified atom stereocenters. The SMILES string of the molecule is N#[SiH].N#[SiH].N#[SiH].[Ba+2].[Ba+2].[Ba+2].[N-3].[N-3]. The van der Waals surface area contributed by atoms with E-state index in [9.17, 15) is 0 Å². The Morgan fingerprint density at radius 3 is 0.455 bits per heavy atom. The van der Waals surface area contributed by atoms with Gasteiger partial charge in [0.1, 0.15) is 0 Å². The Morgan fingerprint density at radius 2 is 0.455 bits per heavy atom. The Bertz CT molecular complexity index is 45.5. The third kappa shape index (κ3) is 114. The molecule has 0 radical (unpaired) electrons. The number of rotatable bonds is 0. The first kappa shape index (κ1) is 58.3. The van der Waals surface area contributed by atoms with Crippen molar-refractivity contribution in [1.82, 2.24) is 0 Å². The van der Waals surface area contributed by atoms with Gasteiger partial charge in [-0.2, -0.15) is 0 Å². The Morgan fingerprint density at radius 1 is 0.455 bits per heavy atom. The van der Waals surface area contributed by atoms with E-state index in [0.717, 1.165) is 0 Å². The number of nitrogens with zero attached hydrogens (tertiary/aromatic N) is 5. The van der Waals surface area contributed by atoms with Gasteiger partial charge < -0.3 is 12.3 Å². The third-order valence-corrected chi connectivity index (χ3v) is 0. The summed E-state index contributed by atoms with van der Waals surface area (Å²) in [4.78, 5) is 20.8. The fourth-order valence-corrected chi connectivity index (χ4v) is 0. The summed E-state index contributed by atoms with van der Waals surface area (Å²) < 4.78 is 0. The van der Waals surface area contributed by atoms with Crippen molar-refractivity contribution in [3.05, 3.63) is 12.3 Å². The molecule has 0 spiro atoms. The predicted octanol–water partition coefficient (Wildman–Crippen LogP) is -2.47. The molecular formula is H3Ba3N5Si3. The summed E-state index contributed by atoms with van der Waals surface area (Å²) in [5, 5.41) is 0. The van der Waals surface area contributed by atoms with Gasteiger partial charge in [0.25, 0.3) is 0 Å². The van der Waals surface area contributed by atoms with E-state index in [1.165, 1.54) is 29.6 Å². The van der Waals surface area contributed by atoms with Crippen LogP contribution in [-0.2, 0) is 0 Å². The molecule has 0 aromatic heterocycles. The Hall–Kier alpha value is 4.41. The van der Waals surface area contributed by atoms with Crippen LogP contribution in [0.25, 0.3) is 12.3 Å². The molecule has 5 nitrogen and oxygen atoms in total. The van der Waals surface area contributed by atoms with Crippen LogP contribution in [-0.4, -0.2) is 176 Å². The summed E-state index contributed by atoms with van der Waals surface area (Å²) in [5.41, 5.74) is 0. The molecule has 11 heavy (non-hydrogen) atoms. The fourth-order valence-electron chi connectivity index (χ4n) is 0. The van der Waals surface area contributed by atoms with E-state index in [0.29, 0.717) is 0 Å². The summed E-state index contributed by atoms with van der Waals surface area (Å²) in [5.74, 6) is 0. The molecule has 0 saturated carbocycles. The average molecular weight is 569 g/mol. The van der Waals surface area contributed by atoms with E-state index in [2.05, 4.69) is 0 Å². The first-order valence-electron chi connectivity index (χ1n) is 0.775. The fraction of sp³-hybridized carbons (Fsp3) is 0. The van der Waals surface area contributed by atoms with Crippen LogP contribution in [0.5, 0.6) is 0 Å². The summed E-state index contributed by atoms with van der Waals surface area (Å²) in [6.45, 7) is 0. The molecule has 0 aliphatic rings. The van der Waals surface area contributed by atoms with Crippen LogP contribution in [0, 0.1) is 14.7 Å². The predicted molar refractivity (Wildman–Crippen MR) is 50.6 cm³/mol. The molecule has 0 aliphatic carbocycles. The van der Waals surface area contributed by atoms with Gasteiger partial charge in [0.15, 0.2) is 29.6 Å². The minimum absolute atomic E-state index is 0. The first-order valence-corrected chi connectivity index (χ1v) is 2.32. The van der Waals surface area contributed by atoms with Crippen LogP contribution >= 0.6 is 0 Å². The smallest absolute Gasteiger partial charge is 2.00 e. The second kappa shape index (κ2) is 133. The quantitative estimate of drug-likeness (QED) is 0.300. The normalized spacial score (nSPS) is 0.545. The molecule has 0 aliphatic heterocycles. The van der Waals surface area contributed by atoms with Gasteiger partial charge in [-0.05, 0) is 0 Å². The summed E-state index contributed by atoms with van der Waals surface area (Å²) >= 11 is 0. The molecule has 0 atom stereocenters. The zero-order valence-electron chi connectivity index (χ0n) is 6.09. The Kier molecular flexibility index (Phi) is 705. The van der Waals surface area contributed by atoms with Crippen molar-refractivity contribution in [2.45, 2.75) is 0 Å². The topological polar surface area (TPSA) is 132 Å². The van der Waals surface area contributed by atoms with Crippen LogP contribution < -0.4 is 0 Å². The zero-order chi connectivity index (χ0) is 6.00. The minimum Gasteiger partial charge on any atom is -3.00 e. The monoisotopic (exact) mass is 571 g/mol. The van der Waals surface area contributed by atoms with Crippen LogP contribution in [0.4, 0.5) is 0 Å². The molecule has 0 aromatic carbocycles. The summed E-state index contributed by atoms with van der Waals surface area (Å²) in [6.07, 6.45) is 0. The summed E-state index contributed by atoms with van der Waals surface area (Å²) in [6, 6.07) is 0. The maximum Gasteiger partial charge on any atom is 2.00 e. The van der Waals surface area contributed by atoms with Gasteiger partial charge in [-0.1, -0.05) is 0 Å². The van der Waals surface area contributed by atoms with Crippen molar-refractivity contribution in [1.29, 1.82) is 14.7 Å². The van der Waals surface area contributed by atoms with E-state index >= 15 is 0 Å². The van der Waals surface area contributed by atoms with Crippen molar-refractivity contribution in [3.8, 4) is 0 Å². The van der Waals surface area contributed by atoms with Gasteiger partial charge >= 0.3 is 147 Å². The molecule has 0 heterocycles. The molecule has 0 bridgehead atoms. The van der Waals surface area contributed by atoms with Gasteiger partial charge in [0, 0.05) is 0 Å². The van der Waals surface area contributed by atoms with Gasteiger partial charge in [-0.3, -0.25) is 14.7 Å². The maximum absolute atomic E-state index is 6.92. The minimum atomic E-state index is 0. The van der Waals surface area contributed by atoms with E-state index in [4.69, 9.17) is 14.7 Å². The molecule has 0 amide bonds. The molecule has 0 rings (SSSR count). The zero-order valence-corrected chi connectivity index (χ0v) is 22.9. The average Bonchev–Trinajstić information content (AvgIpc) is 1.81. The molecule has 0 N–H and O–H groups in total. The second-order valence-electron chi connectivity index (χ2n) is 0. The molecule has 46 valence electrons. The van der Waals surface area contributed by atoms with Crippen LogP contribution in [0.1, 0.15) is 0 Å². The van der Waals surface area contributed by atoms with Gasteiger partial charge in [0.2, 0.25) is 0 Å². The molecular weight excluding hydrogens is 566 g/mol. The third-order valence-electron chi connectivity index (χ3n) is 0. The van der Waals surface area contributed by atoms with Crippen molar-refractivity contribution in [3.63, 3.8) is 0 Å². The van der Waals surface area contributed by atoms with Gasteiger partial charge in [-0.25, -0.2) is 0 Å². The molecule has 0 saturated heterocycles. The van der Waals surface area contributed by atoms with Crippen LogP contribution in [0.2, 0.25) is 0 Å². The largest absolute Gasteiger partial charge is 3.00 e. The van der Waals surface area contributed by atoms with E-state index in [1.54, 1.807) is 0 Å². The van der Waals surface area contributed by atoms with E-state index in [-0.39, 0.29) is 159 Å². The van der Waals surface area contributed by atoms with Gasteiger partial charge in [0.05, 0.1) is 0 Å². The van der Waals surface area contributed by atoms with E-state index < -0.39 is 0 Å². The first-order chi connectivity index (χ1) is 3.00. The molecule has 0 fully saturated rings. The van der Waals surface area contributed by atoms with Crippen molar-refractivity contribution in [2.75, 3.05) is 0 Å². The van der Waals surface area contributed by atoms with Crippen molar-refractivity contribution in [2.24, 2.45) is 0 Å². The Balaban J connectivity index is -0.00000000167. The van der Waals surface area contributed by atoms with Crippen molar-refractivity contribution >= 4 is 176 Å². The molecule has 11 heteroatoms. The van der Waals surface area contributed by atoms with Gasteiger partial charge in [-0.15, -0.1) is 0 Å². The van der Waals surface area contributed by atoms with Crippen LogP contribution in [0.15, 0.2) is 0 Å². The van der Waals surface area contributed by atoms with E-state index in [1.807, 2.05) is 0 Å². The van der Waals surface area contributed by atoms with Crippen molar-refractivity contribution < 1.29 is 0 Å². The standard InChI is InChI=1S/3Ba.3HNSi.2N/c;;;3*1-2;;/h;;;3*2H;;/q3*+2;;;;2*-3. The van der Waals surface area contributed by atoms with Crippen LogP contribution in [0.3, 0.4) is 0 Å². The number of hydrogen-bond donors (Lipinski definition) is 0.